The lowest BCUT2D eigenvalue weighted by Crippen LogP contribution is -2.07. The van der Waals surface area contributed by atoms with E-state index in [9.17, 15) is 9.90 Å². The molecule has 0 saturated carbocycles. The molecule has 0 fully saturated rings. The van der Waals surface area contributed by atoms with E-state index in [0.717, 1.165) is 16.0 Å². The van der Waals surface area contributed by atoms with Crippen molar-refractivity contribution >= 4 is 17.7 Å². The first-order chi connectivity index (χ1) is 8.66. The maximum absolute atomic E-state index is 11.4. The van der Waals surface area contributed by atoms with Crippen LogP contribution >= 0.6 is 11.8 Å². The van der Waals surface area contributed by atoms with Gasteiger partial charge >= 0.3 is 5.97 Å². The van der Waals surface area contributed by atoms with Gasteiger partial charge in [-0.05, 0) is 24.6 Å². The van der Waals surface area contributed by atoms with Crippen LogP contribution in [-0.4, -0.2) is 11.1 Å². The summed E-state index contributed by atoms with van der Waals surface area (Å²) in [7, 11) is 0. The van der Waals surface area contributed by atoms with Crippen molar-refractivity contribution in [3.63, 3.8) is 0 Å². The minimum absolute atomic E-state index is 0.562. The fraction of sp³-hybridized carbons (Fsp3) is 0.133. The molecule has 0 amide bonds. The molecule has 0 aliphatic rings. The van der Waals surface area contributed by atoms with Crippen molar-refractivity contribution in [2.24, 2.45) is 0 Å². The van der Waals surface area contributed by atoms with E-state index < -0.39 is 11.2 Å². The molecule has 2 aromatic carbocycles. The van der Waals surface area contributed by atoms with Gasteiger partial charge in [0, 0.05) is 4.90 Å². The molecule has 0 aromatic heterocycles. The number of rotatable bonds is 4. The quantitative estimate of drug-likeness (QED) is 0.845. The van der Waals surface area contributed by atoms with Crippen LogP contribution in [0.3, 0.4) is 0 Å². The molecule has 2 rings (SSSR count). The molecule has 0 radical (unpaired) electrons. The Balaban J connectivity index is 2.24. The standard InChI is InChI=1S/C15H14O2S/c1-11-7-9-12(10-8-11)14(15(16)17)18-13-5-3-2-4-6-13/h2-10,14H,1H3,(H,16,17). The summed E-state index contributed by atoms with van der Waals surface area (Å²) in [5.74, 6) is -0.812. The molecule has 0 bridgehead atoms. The summed E-state index contributed by atoms with van der Waals surface area (Å²) in [5.41, 5.74) is 1.95. The average molecular weight is 258 g/mol. The Morgan fingerprint density at radius 1 is 1.06 bits per heavy atom. The van der Waals surface area contributed by atoms with Crippen LogP contribution in [0.2, 0.25) is 0 Å². The number of aryl methyl sites for hydroxylation is 1. The van der Waals surface area contributed by atoms with E-state index in [0.29, 0.717) is 0 Å². The lowest BCUT2D eigenvalue weighted by atomic mass is 10.1. The number of hydrogen-bond donors (Lipinski definition) is 1. The first kappa shape index (κ1) is 12.7. The van der Waals surface area contributed by atoms with Gasteiger partial charge in [0.1, 0.15) is 5.25 Å². The summed E-state index contributed by atoms with van der Waals surface area (Å²) in [6, 6.07) is 17.2. The number of carboxylic acids is 1. The fourth-order valence-electron chi connectivity index (χ4n) is 1.64. The molecule has 0 aliphatic heterocycles. The van der Waals surface area contributed by atoms with Crippen molar-refractivity contribution in [3.05, 3.63) is 65.7 Å². The minimum atomic E-state index is -0.812. The van der Waals surface area contributed by atoms with Crippen LogP contribution < -0.4 is 0 Å². The Bertz CT molecular complexity index is 520. The normalized spacial score (nSPS) is 12.1. The van der Waals surface area contributed by atoms with Crippen LogP contribution in [-0.2, 0) is 4.79 Å². The van der Waals surface area contributed by atoms with Crippen molar-refractivity contribution in [1.29, 1.82) is 0 Å². The van der Waals surface area contributed by atoms with Gasteiger partial charge in [-0.2, -0.15) is 0 Å². The van der Waals surface area contributed by atoms with E-state index in [4.69, 9.17) is 0 Å². The topological polar surface area (TPSA) is 37.3 Å². The molecule has 92 valence electrons. The number of hydrogen-bond acceptors (Lipinski definition) is 2. The molecule has 2 aromatic rings. The molecule has 1 atom stereocenters. The van der Waals surface area contributed by atoms with Gasteiger partial charge in [0.2, 0.25) is 0 Å². The van der Waals surface area contributed by atoms with Crippen molar-refractivity contribution in [2.75, 3.05) is 0 Å². The lowest BCUT2D eigenvalue weighted by Gasteiger charge is -2.12. The van der Waals surface area contributed by atoms with E-state index in [1.54, 1.807) is 0 Å². The van der Waals surface area contributed by atoms with Crippen molar-refractivity contribution in [1.82, 2.24) is 0 Å². The Kier molecular flexibility index (Phi) is 4.05. The van der Waals surface area contributed by atoms with E-state index in [1.165, 1.54) is 11.8 Å². The van der Waals surface area contributed by atoms with Gasteiger partial charge in [-0.25, -0.2) is 0 Å². The van der Waals surface area contributed by atoms with Gasteiger partial charge in [-0.1, -0.05) is 48.0 Å². The number of aliphatic carboxylic acids is 1. The number of benzene rings is 2. The summed E-state index contributed by atoms with van der Waals surface area (Å²) in [6.07, 6.45) is 0. The molecule has 0 heterocycles. The lowest BCUT2D eigenvalue weighted by molar-refractivity contribution is -0.136. The monoisotopic (exact) mass is 258 g/mol. The average Bonchev–Trinajstić information content (AvgIpc) is 2.38. The highest BCUT2D eigenvalue weighted by atomic mass is 32.2. The predicted molar refractivity (Wildman–Crippen MR) is 73.9 cm³/mol. The molecule has 0 saturated heterocycles. The van der Waals surface area contributed by atoms with E-state index >= 15 is 0 Å². The van der Waals surface area contributed by atoms with Crippen LogP contribution in [0.5, 0.6) is 0 Å². The maximum Gasteiger partial charge on any atom is 0.321 e. The third-order valence-corrected chi connectivity index (χ3v) is 3.86. The van der Waals surface area contributed by atoms with Gasteiger partial charge in [0.15, 0.2) is 0 Å². The van der Waals surface area contributed by atoms with Gasteiger partial charge in [-0.3, -0.25) is 4.79 Å². The SMILES string of the molecule is Cc1ccc(C(Sc2ccccc2)C(=O)O)cc1. The third kappa shape index (κ3) is 3.14. The minimum Gasteiger partial charge on any atom is -0.480 e. The summed E-state index contributed by atoms with van der Waals surface area (Å²) < 4.78 is 0. The number of thioether (sulfide) groups is 1. The van der Waals surface area contributed by atoms with Crippen LogP contribution in [0.4, 0.5) is 0 Å². The van der Waals surface area contributed by atoms with Crippen LogP contribution in [0.1, 0.15) is 16.4 Å². The van der Waals surface area contributed by atoms with Gasteiger partial charge in [0.25, 0.3) is 0 Å². The highest BCUT2D eigenvalue weighted by molar-refractivity contribution is 8.00. The molecule has 1 unspecified atom stereocenters. The van der Waals surface area contributed by atoms with Gasteiger partial charge in [-0.15, -0.1) is 11.8 Å². The Labute approximate surface area is 111 Å². The summed E-state index contributed by atoms with van der Waals surface area (Å²) in [6.45, 7) is 1.99. The van der Waals surface area contributed by atoms with Gasteiger partial charge < -0.3 is 5.11 Å². The van der Waals surface area contributed by atoms with Crippen molar-refractivity contribution in [3.8, 4) is 0 Å². The smallest absolute Gasteiger partial charge is 0.321 e. The predicted octanol–water partition coefficient (Wildman–Crippen LogP) is 3.91. The first-order valence-corrected chi connectivity index (χ1v) is 6.56. The van der Waals surface area contributed by atoms with Crippen LogP contribution in [0.15, 0.2) is 59.5 Å². The van der Waals surface area contributed by atoms with E-state index in [-0.39, 0.29) is 0 Å². The summed E-state index contributed by atoms with van der Waals surface area (Å²) in [5, 5.41) is 8.77. The van der Waals surface area contributed by atoms with Crippen LogP contribution in [0.25, 0.3) is 0 Å². The zero-order valence-corrected chi connectivity index (χ0v) is 10.9. The van der Waals surface area contributed by atoms with Crippen LogP contribution in [0, 0.1) is 6.92 Å². The van der Waals surface area contributed by atoms with Gasteiger partial charge in [0.05, 0.1) is 0 Å². The second-order valence-corrected chi connectivity index (χ2v) is 5.24. The third-order valence-electron chi connectivity index (χ3n) is 2.60. The molecule has 0 spiro atoms. The fourth-order valence-corrected chi connectivity index (χ4v) is 2.62. The van der Waals surface area contributed by atoms with E-state index in [2.05, 4.69) is 0 Å². The number of carboxylic acid groups (broad SMARTS) is 1. The molecular weight excluding hydrogens is 244 g/mol. The second kappa shape index (κ2) is 5.74. The van der Waals surface area contributed by atoms with Crippen molar-refractivity contribution < 1.29 is 9.90 Å². The van der Waals surface area contributed by atoms with Crippen molar-refractivity contribution in [2.45, 2.75) is 17.1 Å². The molecular formula is C15H14O2S. The highest BCUT2D eigenvalue weighted by Crippen LogP contribution is 2.35. The first-order valence-electron chi connectivity index (χ1n) is 5.68. The van der Waals surface area contributed by atoms with E-state index in [1.807, 2.05) is 61.5 Å². The summed E-state index contributed by atoms with van der Waals surface area (Å²) >= 11 is 1.36. The molecule has 1 N–H and O–H groups in total. The molecule has 18 heavy (non-hydrogen) atoms. The largest absolute Gasteiger partial charge is 0.480 e. The Morgan fingerprint density at radius 2 is 1.67 bits per heavy atom. The second-order valence-electron chi connectivity index (χ2n) is 4.06. The number of carbonyl (C=O) groups is 1. The molecule has 2 nitrogen and oxygen atoms in total. The maximum atomic E-state index is 11.4. The molecule has 3 heteroatoms. The Morgan fingerprint density at radius 3 is 2.22 bits per heavy atom. The zero-order valence-electron chi connectivity index (χ0n) is 10.0. The Hall–Kier alpha value is -1.74. The molecule has 0 aliphatic carbocycles. The zero-order chi connectivity index (χ0) is 13.0. The summed E-state index contributed by atoms with van der Waals surface area (Å²) in [4.78, 5) is 12.3. The highest BCUT2D eigenvalue weighted by Gasteiger charge is 2.20.